The lowest BCUT2D eigenvalue weighted by molar-refractivity contribution is -0.115. The Hall–Kier alpha value is -2.61. The highest BCUT2D eigenvalue weighted by molar-refractivity contribution is 7.18. The van der Waals surface area contributed by atoms with Gasteiger partial charge in [-0.3, -0.25) is 9.59 Å². The fraction of sp³-hybridized carbons (Fsp3) is 0.154. The standard InChI is InChI=1S/C13H12N2O5S/c1-7-5-10(21-11(7)13(18)19)15-9(16)6-14-12(17)8-3-2-4-20-8/h2-5H,6H2,1H3,(H,14,17)(H,15,16)(H,18,19). The molecular weight excluding hydrogens is 296 g/mol. The highest BCUT2D eigenvalue weighted by Crippen LogP contribution is 2.26. The molecule has 2 heterocycles. The highest BCUT2D eigenvalue weighted by atomic mass is 32.1. The van der Waals surface area contributed by atoms with Crippen LogP contribution in [0.1, 0.15) is 25.8 Å². The molecule has 0 aliphatic carbocycles. The zero-order valence-electron chi connectivity index (χ0n) is 11.0. The lowest BCUT2D eigenvalue weighted by atomic mass is 10.3. The Balaban J connectivity index is 1.89. The Morgan fingerprint density at radius 2 is 2.14 bits per heavy atom. The van der Waals surface area contributed by atoms with Gasteiger partial charge in [0.25, 0.3) is 5.91 Å². The second-order valence-electron chi connectivity index (χ2n) is 4.14. The Kier molecular flexibility index (Phi) is 4.39. The number of nitrogens with one attached hydrogen (secondary N) is 2. The number of hydrogen-bond donors (Lipinski definition) is 3. The van der Waals surface area contributed by atoms with Gasteiger partial charge < -0.3 is 20.2 Å². The van der Waals surface area contributed by atoms with Crippen molar-refractivity contribution in [1.82, 2.24) is 5.32 Å². The number of carboxylic acid groups (broad SMARTS) is 1. The number of carboxylic acids is 1. The Labute approximate surface area is 123 Å². The van der Waals surface area contributed by atoms with E-state index in [1.54, 1.807) is 19.1 Å². The molecule has 0 saturated heterocycles. The van der Waals surface area contributed by atoms with Gasteiger partial charge in [0.05, 0.1) is 17.8 Å². The fourth-order valence-electron chi connectivity index (χ4n) is 1.59. The first kappa shape index (κ1) is 14.8. The monoisotopic (exact) mass is 308 g/mol. The van der Waals surface area contributed by atoms with E-state index in [4.69, 9.17) is 9.52 Å². The molecule has 7 nitrogen and oxygen atoms in total. The van der Waals surface area contributed by atoms with Crippen LogP contribution in [-0.4, -0.2) is 29.4 Å². The Morgan fingerprint density at radius 3 is 2.71 bits per heavy atom. The highest BCUT2D eigenvalue weighted by Gasteiger charge is 2.14. The summed E-state index contributed by atoms with van der Waals surface area (Å²) in [6, 6.07) is 4.62. The molecule has 2 aromatic heterocycles. The molecule has 0 fully saturated rings. The first-order chi connectivity index (χ1) is 9.97. The summed E-state index contributed by atoms with van der Waals surface area (Å²) >= 11 is 0.965. The molecule has 0 aliphatic heterocycles. The minimum Gasteiger partial charge on any atom is -0.477 e. The van der Waals surface area contributed by atoms with Crippen molar-refractivity contribution in [2.45, 2.75) is 6.92 Å². The van der Waals surface area contributed by atoms with Crippen molar-refractivity contribution in [3.05, 3.63) is 40.7 Å². The average molecular weight is 308 g/mol. The first-order valence-corrected chi connectivity index (χ1v) is 6.74. The maximum Gasteiger partial charge on any atom is 0.346 e. The van der Waals surface area contributed by atoms with Crippen LogP contribution < -0.4 is 10.6 Å². The van der Waals surface area contributed by atoms with Gasteiger partial charge in [0.1, 0.15) is 4.88 Å². The first-order valence-electron chi connectivity index (χ1n) is 5.92. The van der Waals surface area contributed by atoms with Crippen molar-refractivity contribution in [2.24, 2.45) is 0 Å². The maximum atomic E-state index is 11.7. The third-order valence-corrected chi connectivity index (χ3v) is 3.67. The van der Waals surface area contributed by atoms with Crippen molar-refractivity contribution in [3.63, 3.8) is 0 Å². The van der Waals surface area contributed by atoms with Gasteiger partial charge in [-0.15, -0.1) is 11.3 Å². The van der Waals surface area contributed by atoms with Crippen LogP contribution in [0, 0.1) is 6.92 Å². The number of aryl methyl sites for hydroxylation is 1. The zero-order chi connectivity index (χ0) is 15.4. The number of thiophene rings is 1. The van der Waals surface area contributed by atoms with E-state index in [0.29, 0.717) is 10.6 Å². The summed E-state index contributed by atoms with van der Waals surface area (Å²) in [6.45, 7) is 1.41. The zero-order valence-corrected chi connectivity index (χ0v) is 11.8. The van der Waals surface area contributed by atoms with E-state index in [9.17, 15) is 14.4 Å². The smallest absolute Gasteiger partial charge is 0.346 e. The third-order valence-electron chi connectivity index (χ3n) is 2.53. The van der Waals surface area contributed by atoms with Crippen LogP contribution in [-0.2, 0) is 4.79 Å². The molecule has 0 atom stereocenters. The van der Waals surface area contributed by atoms with Gasteiger partial charge in [-0.2, -0.15) is 0 Å². The van der Waals surface area contributed by atoms with Crippen molar-refractivity contribution in [3.8, 4) is 0 Å². The molecule has 0 bridgehead atoms. The summed E-state index contributed by atoms with van der Waals surface area (Å²) in [6.07, 6.45) is 1.36. The van der Waals surface area contributed by atoms with Crippen molar-refractivity contribution in [2.75, 3.05) is 11.9 Å². The summed E-state index contributed by atoms with van der Waals surface area (Å²) in [5.41, 5.74) is 0.572. The number of furan rings is 1. The van der Waals surface area contributed by atoms with Gasteiger partial charge in [-0.25, -0.2) is 4.79 Å². The summed E-state index contributed by atoms with van der Waals surface area (Å²) in [4.78, 5) is 34.3. The largest absolute Gasteiger partial charge is 0.477 e. The number of amides is 2. The number of rotatable bonds is 5. The Morgan fingerprint density at radius 1 is 1.38 bits per heavy atom. The maximum absolute atomic E-state index is 11.7. The SMILES string of the molecule is Cc1cc(NC(=O)CNC(=O)c2ccco2)sc1C(=O)O. The molecule has 0 saturated carbocycles. The molecule has 0 aromatic carbocycles. The van der Waals surface area contributed by atoms with E-state index in [2.05, 4.69) is 10.6 Å². The van der Waals surface area contributed by atoms with Crippen molar-refractivity contribution in [1.29, 1.82) is 0 Å². The summed E-state index contributed by atoms with van der Waals surface area (Å²) < 4.78 is 4.88. The normalized spacial score (nSPS) is 10.1. The Bertz CT molecular complexity index is 675. The van der Waals surface area contributed by atoms with Gasteiger partial charge in [-0.05, 0) is 30.7 Å². The minimum absolute atomic E-state index is 0.114. The van der Waals surface area contributed by atoms with Gasteiger partial charge >= 0.3 is 5.97 Å². The van der Waals surface area contributed by atoms with Crippen LogP contribution in [0.3, 0.4) is 0 Å². The number of anilines is 1. The van der Waals surface area contributed by atoms with E-state index in [1.165, 1.54) is 12.3 Å². The molecule has 3 N–H and O–H groups in total. The predicted molar refractivity (Wildman–Crippen MR) is 75.7 cm³/mol. The van der Waals surface area contributed by atoms with Crippen LogP contribution >= 0.6 is 11.3 Å². The molecule has 21 heavy (non-hydrogen) atoms. The molecule has 2 rings (SSSR count). The van der Waals surface area contributed by atoms with E-state index in [-0.39, 0.29) is 17.2 Å². The second-order valence-corrected chi connectivity index (χ2v) is 5.19. The topological polar surface area (TPSA) is 109 Å². The number of carbonyl (C=O) groups excluding carboxylic acids is 2. The number of carbonyl (C=O) groups is 3. The van der Waals surface area contributed by atoms with Crippen molar-refractivity contribution >= 4 is 34.1 Å². The van der Waals surface area contributed by atoms with E-state index >= 15 is 0 Å². The molecule has 0 unspecified atom stereocenters. The predicted octanol–water partition coefficient (Wildman–Crippen LogP) is 1.72. The molecule has 2 aromatic rings. The lowest BCUT2D eigenvalue weighted by Gasteiger charge is -2.03. The van der Waals surface area contributed by atoms with Crippen LogP contribution in [0.5, 0.6) is 0 Å². The quantitative estimate of drug-likeness (QED) is 0.779. The van der Waals surface area contributed by atoms with E-state index < -0.39 is 17.8 Å². The molecule has 0 spiro atoms. The molecule has 0 aliphatic rings. The molecule has 8 heteroatoms. The second kappa shape index (κ2) is 6.23. The average Bonchev–Trinajstić information content (AvgIpc) is 3.05. The van der Waals surface area contributed by atoms with Crippen LogP contribution in [0.2, 0.25) is 0 Å². The van der Waals surface area contributed by atoms with Gasteiger partial charge in [0, 0.05) is 0 Å². The van der Waals surface area contributed by atoms with Crippen LogP contribution in [0.4, 0.5) is 5.00 Å². The number of hydrogen-bond acceptors (Lipinski definition) is 5. The summed E-state index contributed by atoms with van der Waals surface area (Å²) in [5.74, 6) is -1.87. The lowest BCUT2D eigenvalue weighted by Crippen LogP contribution is -2.32. The fourth-order valence-corrected chi connectivity index (χ4v) is 2.52. The molecular formula is C13H12N2O5S. The minimum atomic E-state index is -1.04. The summed E-state index contributed by atoms with van der Waals surface area (Å²) in [7, 11) is 0. The van der Waals surface area contributed by atoms with E-state index in [1.807, 2.05) is 0 Å². The van der Waals surface area contributed by atoms with Crippen LogP contribution in [0.15, 0.2) is 28.9 Å². The third kappa shape index (κ3) is 3.69. The molecule has 110 valence electrons. The molecule has 2 amide bonds. The van der Waals surface area contributed by atoms with Gasteiger partial charge in [0.2, 0.25) is 5.91 Å². The van der Waals surface area contributed by atoms with Crippen LogP contribution in [0.25, 0.3) is 0 Å². The molecule has 0 radical (unpaired) electrons. The number of aromatic carboxylic acids is 1. The van der Waals surface area contributed by atoms with Gasteiger partial charge in [-0.1, -0.05) is 0 Å². The van der Waals surface area contributed by atoms with E-state index in [0.717, 1.165) is 11.3 Å². The summed E-state index contributed by atoms with van der Waals surface area (Å²) in [5, 5.41) is 14.3. The van der Waals surface area contributed by atoms with Crippen molar-refractivity contribution < 1.29 is 23.9 Å². The van der Waals surface area contributed by atoms with Gasteiger partial charge in [0.15, 0.2) is 5.76 Å².